The van der Waals surface area contributed by atoms with Gasteiger partial charge in [0.1, 0.15) is 0 Å². The van der Waals surface area contributed by atoms with Crippen LogP contribution in [0.3, 0.4) is 0 Å². The smallest absolute Gasteiger partial charge is 0.252 e. The third kappa shape index (κ3) is 3.13. The van der Waals surface area contributed by atoms with Crippen molar-refractivity contribution in [2.24, 2.45) is 7.05 Å². The van der Waals surface area contributed by atoms with E-state index in [9.17, 15) is 9.59 Å². The molecule has 1 fully saturated rings. The van der Waals surface area contributed by atoms with Crippen LogP contribution in [0.5, 0.6) is 0 Å². The number of aromatic amines is 1. The standard InChI is InChI=1S/C19H21N5O2/c1-24-11-20-10-16(24)18-15(6-7-17(25)23-18)21-9-13-8-12-4-2-3-5-14(12)22-19(13)26/h2-5,8,10-11,15,18,21H,6-7,9H2,1H3,(H,22,26)(H,23,25)/t15-,18-/m1/s1. The van der Waals surface area contributed by atoms with Crippen LogP contribution in [0.15, 0.2) is 47.7 Å². The van der Waals surface area contributed by atoms with Crippen LogP contribution in [0.2, 0.25) is 0 Å². The Hall–Kier alpha value is -2.93. The Bertz CT molecular complexity index is 1010. The summed E-state index contributed by atoms with van der Waals surface area (Å²) in [7, 11) is 1.91. The average molecular weight is 351 g/mol. The summed E-state index contributed by atoms with van der Waals surface area (Å²) >= 11 is 0. The maximum absolute atomic E-state index is 12.3. The molecular formula is C19H21N5O2. The lowest BCUT2D eigenvalue weighted by Crippen LogP contribution is -2.49. The van der Waals surface area contributed by atoms with Gasteiger partial charge in [-0.2, -0.15) is 0 Å². The number of amides is 1. The first kappa shape index (κ1) is 16.5. The zero-order chi connectivity index (χ0) is 18.1. The Morgan fingerprint density at radius 1 is 1.31 bits per heavy atom. The van der Waals surface area contributed by atoms with E-state index in [0.717, 1.165) is 16.6 Å². The number of piperidine rings is 1. The molecule has 26 heavy (non-hydrogen) atoms. The summed E-state index contributed by atoms with van der Waals surface area (Å²) in [5.74, 6) is 0.0396. The number of aromatic nitrogens is 3. The maximum Gasteiger partial charge on any atom is 0.252 e. The van der Waals surface area contributed by atoms with Crippen LogP contribution < -0.4 is 16.2 Å². The van der Waals surface area contributed by atoms with Crippen molar-refractivity contribution in [2.45, 2.75) is 31.5 Å². The first-order valence-electron chi connectivity index (χ1n) is 8.72. The molecule has 2 aromatic heterocycles. The highest BCUT2D eigenvalue weighted by molar-refractivity contribution is 5.79. The molecule has 0 aliphatic carbocycles. The van der Waals surface area contributed by atoms with E-state index in [1.54, 1.807) is 12.5 Å². The van der Waals surface area contributed by atoms with Crippen LogP contribution in [-0.4, -0.2) is 26.5 Å². The number of carbonyl (C=O) groups is 1. The van der Waals surface area contributed by atoms with Gasteiger partial charge in [0.15, 0.2) is 0 Å². The summed E-state index contributed by atoms with van der Waals surface area (Å²) in [5, 5.41) is 7.50. The van der Waals surface area contributed by atoms with Gasteiger partial charge in [-0.15, -0.1) is 0 Å². The van der Waals surface area contributed by atoms with Gasteiger partial charge in [0.05, 0.1) is 24.3 Å². The Balaban J connectivity index is 1.56. The monoisotopic (exact) mass is 351 g/mol. The molecule has 0 unspecified atom stereocenters. The fraction of sp³-hybridized carbons (Fsp3) is 0.316. The highest BCUT2D eigenvalue weighted by Crippen LogP contribution is 2.24. The van der Waals surface area contributed by atoms with E-state index >= 15 is 0 Å². The van der Waals surface area contributed by atoms with Crippen LogP contribution in [0.1, 0.15) is 30.1 Å². The van der Waals surface area contributed by atoms with E-state index in [-0.39, 0.29) is 23.6 Å². The number of pyridine rings is 1. The van der Waals surface area contributed by atoms with Gasteiger partial charge in [-0.1, -0.05) is 18.2 Å². The molecule has 0 saturated carbocycles. The van der Waals surface area contributed by atoms with Crippen molar-refractivity contribution in [1.29, 1.82) is 0 Å². The van der Waals surface area contributed by atoms with Gasteiger partial charge in [0.25, 0.3) is 5.56 Å². The number of hydrogen-bond donors (Lipinski definition) is 3. The summed E-state index contributed by atoms with van der Waals surface area (Å²) in [6.07, 6.45) is 4.68. The topological polar surface area (TPSA) is 91.8 Å². The summed E-state index contributed by atoms with van der Waals surface area (Å²) in [5.41, 5.74) is 2.37. The van der Waals surface area contributed by atoms with Gasteiger partial charge in [-0.05, 0) is 23.9 Å². The fourth-order valence-electron chi connectivity index (χ4n) is 3.53. The molecule has 1 aliphatic heterocycles. The van der Waals surface area contributed by atoms with Crippen molar-refractivity contribution in [2.75, 3.05) is 0 Å². The molecule has 1 saturated heterocycles. The van der Waals surface area contributed by atoms with Gasteiger partial charge < -0.3 is 20.2 Å². The van der Waals surface area contributed by atoms with Crippen molar-refractivity contribution in [3.63, 3.8) is 0 Å². The normalized spacial score (nSPS) is 20.3. The lowest BCUT2D eigenvalue weighted by atomic mass is 9.95. The third-order valence-electron chi connectivity index (χ3n) is 4.96. The lowest BCUT2D eigenvalue weighted by molar-refractivity contribution is -0.124. The molecule has 0 spiro atoms. The molecule has 0 bridgehead atoms. The number of imidazole rings is 1. The zero-order valence-electron chi connectivity index (χ0n) is 14.5. The van der Waals surface area contributed by atoms with E-state index < -0.39 is 0 Å². The molecule has 1 amide bonds. The fourth-order valence-corrected chi connectivity index (χ4v) is 3.53. The molecule has 3 N–H and O–H groups in total. The number of para-hydroxylation sites is 1. The molecule has 1 aromatic carbocycles. The number of benzene rings is 1. The molecule has 7 nitrogen and oxygen atoms in total. The molecule has 2 atom stereocenters. The van der Waals surface area contributed by atoms with Gasteiger partial charge in [0.2, 0.25) is 5.91 Å². The molecule has 7 heteroatoms. The highest BCUT2D eigenvalue weighted by atomic mass is 16.1. The van der Waals surface area contributed by atoms with Crippen molar-refractivity contribution >= 4 is 16.8 Å². The Morgan fingerprint density at radius 3 is 2.96 bits per heavy atom. The second-order valence-electron chi connectivity index (χ2n) is 6.71. The summed E-state index contributed by atoms with van der Waals surface area (Å²) < 4.78 is 1.91. The Kier molecular flexibility index (Phi) is 4.30. The van der Waals surface area contributed by atoms with Gasteiger partial charge >= 0.3 is 0 Å². The van der Waals surface area contributed by atoms with E-state index in [4.69, 9.17) is 0 Å². The Labute approximate surface area is 150 Å². The van der Waals surface area contributed by atoms with E-state index in [1.807, 2.05) is 41.9 Å². The van der Waals surface area contributed by atoms with Crippen LogP contribution in [0, 0.1) is 0 Å². The average Bonchev–Trinajstić information content (AvgIpc) is 3.06. The quantitative estimate of drug-likeness (QED) is 0.662. The molecule has 4 rings (SSSR count). The predicted octanol–water partition coefficient (Wildman–Crippen LogP) is 1.37. The largest absolute Gasteiger partial charge is 0.346 e. The minimum atomic E-state index is -0.164. The highest BCUT2D eigenvalue weighted by Gasteiger charge is 2.31. The molecule has 3 heterocycles. The van der Waals surface area contributed by atoms with Crippen molar-refractivity contribution in [3.05, 3.63) is 64.5 Å². The van der Waals surface area contributed by atoms with Crippen LogP contribution in [-0.2, 0) is 18.4 Å². The number of fused-ring (bicyclic) bond motifs is 1. The van der Waals surface area contributed by atoms with Crippen molar-refractivity contribution in [3.8, 4) is 0 Å². The number of nitrogens with zero attached hydrogens (tertiary/aromatic N) is 2. The number of nitrogens with one attached hydrogen (secondary N) is 3. The first-order chi connectivity index (χ1) is 12.6. The number of carbonyl (C=O) groups excluding carboxylic acids is 1. The zero-order valence-corrected chi connectivity index (χ0v) is 14.5. The minimum absolute atomic E-state index is 0.0361. The summed E-state index contributed by atoms with van der Waals surface area (Å²) in [4.78, 5) is 31.3. The van der Waals surface area contributed by atoms with Crippen molar-refractivity contribution in [1.82, 2.24) is 25.2 Å². The second-order valence-corrected chi connectivity index (χ2v) is 6.71. The summed E-state index contributed by atoms with van der Waals surface area (Å²) in [6.45, 7) is 0.440. The van der Waals surface area contributed by atoms with Crippen LogP contribution >= 0.6 is 0 Å². The predicted molar refractivity (Wildman–Crippen MR) is 98.5 cm³/mol. The van der Waals surface area contributed by atoms with E-state index in [0.29, 0.717) is 24.9 Å². The van der Waals surface area contributed by atoms with E-state index in [1.165, 1.54) is 0 Å². The number of hydrogen-bond acceptors (Lipinski definition) is 4. The first-order valence-corrected chi connectivity index (χ1v) is 8.72. The van der Waals surface area contributed by atoms with Gasteiger partial charge in [0, 0.05) is 37.1 Å². The van der Waals surface area contributed by atoms with Crippen molar-refractivity contribution < 1.29 is 4.79 Å². The minimum Gasteiger partial charge on any atom is -0.346 e. The lowest BCUT2D eigenvalue weighted by Gasteiger charge is -2.33. The van der Waals surface area contributed by atoms with E-state index in [2.05, 4.69) is 20.6 Å². The summed E-state index contributed by atoms with van der Waals surface area (Å²) in [6, 6.07) is 9.52. The number of H-pyrrole nitrogens is 1. The molecule has 1 aliphatic rings. The Morgan fingerprint density at radius 2 is 2.15 bits per heavy atom. The maximum atomic E-state index is 12.3. The van der Waals surface area contributed by atoms with Crippen LogP contribution in [0.25, 0.3) is 10.9 Å². The van der Waals surface area contributed by atoms with Gasteiger partial charge in [-0.25, -0.2) is 4.98 Å². The molecule has 134 valence electrons. The van der Waals surface area contributed by atoms with Gasteiger partial charge in [-0.3, -0.25) is 9.59 Å². The third-order valence-corrected chi connectivity index (χ3v) is 4.96. The molecule has 0 radical (unpaired) electrons. The molecular weight excluding hydrogens is 330 g/mol. The molecule has 3 aromatic rings. The number of rotatable bonds is 4. The SMILES string of the molecule is Cn1cncc1[C@@H]1NC(=O)CC[C@H]1NCc1cc2ccccc2[nH]c1=O. The number of aryl methyl sites for hydroxylation is 1. The van der Waals surface area contributed by atoms with Crippen LogP contribution in [0.4, 0.5) is 0 Å². The second kappa shape index (κ2) is 6.76.